The molecule has 0 saturated carbocycles. The summed E-state index contributed by atoms with van der Waals surface area (Å²) >= 11 is 0. The summed E-state index contributed by atoms with van der Waals surface area (Å²) in [5, 5.41) is -0.0221. The molecule has 5 nitrogen and oxygen atoms in total. The van der Waals surface area contributed by atoms with Gasteiger partial charge in [0.15, 0.2) is 5.03 Å². The van der Waals surface area contributed by atoms with Crippen molar-refractivity contribution in [1.29, 1.82) is 0 Å². The zero-order valence-electron chi connectivity index (χ0n) is 13.8. The Labute approximate surface area is 146 Å². The van der Waals surface area contributed by atoms with Crippen LogP contribution in [0.2, 0.25) is 0 Å². The van der Waals surface area contributed by atoms with Crippen LogP contribution in [-0.2, 0) is 9.84 Å². The van der Waals surface area contributed by atoms with Crippen LogP contribution in [0, 0.1) is 6.92 Å². The zero-order valence-corrected chi connectivity index (χ0v) is 14.7. The van der Waals surface area contributed by atoms with E-state index in [1.165, 1.54) is 19.2 Å². The summed E-state index contributed by atoms with van der Waals surface area (Å²) in [4.78, 5) is 4.37. The number of rotatable bonds is 5. The molecular weight excluding hydrogens is 338 g/mol. The van der Waals surface area contributed by atoms with E-state index in [0.717, 1.165) is 0 Å². The lowest BCUT2D eigenvalue weighted by molar-refractivity contribution is 0.414. The Morgan fingerprint density at radius 1 is 0.840 bits per heavy atom. The molecular formula is C19H17NO4S. The lowest BCUT2D eigenvalue weighted by atomic mass is 10.3. The summed E-state index contributed by atoms with van der Waals surface area (Å²) in [6, 6.07) is 18.6. The largest absolute Gasteiger partial charge is 0.497 e. The molecule has 6 heteroatoms. The van der Waals surface area contributed by atoms with E-state index in [1.54, 1.807) is 43.3 Å². The summed E-state index contributed by atoms with van der Waals surface area (Å²) in [5.41, 5.74) is 0.552. The SMILES string of the molecule is COc1ccc(S(=O)(=O)c2nc(Oc3ccccc3)ccc2C)cc1. The molecule has 0 saturated heterocycles. The molecule has 0 bridgehead atoms. The first-order chi connectivity index (χ1) is 12.0. The van der Waals surface area contributed by atoms with Gasteiger partial charge in [-0.05, 0) is 48.9 Å². The molecule has 25 heavy (non-hydrogen) atoms. The van der Waals surface area contributed by atoms with Crippen LogP contribution < -0.4 is 9.47 Å². The predicted molar refractivity (Wildman–Crippen MR) is 93.9 cm³/mol. The maximum atomic E-state index is 12.9. The number of aromatic nitrogens is 1. The molecule has 1 heterocycles. The van der Waals surface area contributed by atoms with Gasteiger partial charge in [0.25, 0.3) is 0 Å². The topological polar surface area (TPSA) is 65.5 Å². The van der Waals surface area contributed by atoms with Crippen LogP contribution in [-0.4, -0.2) is 20.5 Å². The Kier molecular flexibility index (Phi) is 4.72. The van der Waals surface area contributed by atoms with Gasteiger partial charge in [-0.3, -0.25) is 0 Å². The first kappa shape index (κ1) is 17.0. The van der Waals surface area contributed by atoms with Crippen LogP contribution in [0.3, 0.4) is 0 Å². The number of benzene rings is 2. The molecule has 0 N–H and O–H groups in total. The average Bonchev–Trinajstić information content (AvgIpc) is 2.64. The average molecular weight is 355 g/mol. The Bertz CT molecular complexity index is 968. The number of nitrogens with zero attached hydrogens (tertiary/aromatic N) is 1. The van der Waals surface area contributed by atoms with Gasteiger partial charge in [-0.25, -0.2) is 13.4 Å². The number of para-hydroxylation sites is 1. The molecule has 0 atom stereocenters. The maximum absolute atomic E-state index is 12.9. The number of sulfone groups is 1. The van der Waals surface area contributed by atoms with Crippen LogP contribution in [0.1, 0.15) is 5.56 Å². The molecule has 0 aliphatic carbocycles. The quantitative estimate of drug-likeness (QED) is 0.691. The Morgan fingerprint density at radius 3 is 2.16 bits per heavy atom. The summed E-state index contributed by atoms with van der Waals surface area (Å²) in [5.74, 6) is 1.40. The first-order valence-electron chi connectivity index (χ1n) is 7.60. The van der Waals surface area contributed by atoms with Gasteiger partial charge in [0.05, 0.1) is 12.0 Å². The molecule has 3 rings (SSSR count). The Morgan fingerprint density at radius 2 is 1.52 bits per heavy atom. The van der Waals surface area contributed by atoms with Crippen molar-refractivity contribution < 1.29 is 17.9 Å². The van der Waals surface area contributed by atoms with Crippen LogP contribution in [0.5, 0.6) is 17.4 Å². The van der Waals surface area contributed by atoms with Gasteiger partial charge in [0, 0.05) is 6.07 Å². The van der Waals surface area contributed by atoms with E-state index >= 15 is 0 Å². The third kappa shape index (κ3) is 3.64. The number of aryl methyl sites for hydroxylation is 1. The minimum absolute atomic E-state index is 0.0221. The summed E-state index contributed by atoms with van der Waals surface area (Å²) in [6.45, 7) is 1.70. The van der Waals surface area contributed by atoms with E-state index in [2.05, 4.69) is 4.98 Å². The highest BCUT2D eigenvalue weighted by Crippen LogP contribution is 2.27. The fourth-order valence-corrected chi connectivity index (χ4v) is 3.72. The van der Waals surface area contributed by atoms with Gasteiger partial charge in [0.2, 0.25) is 15.7 Å². The first-order valence-corrected chi connectivity index (χ1v) is 9.09. The van der Waals surface area contributed by atoms with Gasteiger partial charge in [-0.2, -0.15) is 0 Å². The van der Waals surface area contributed by atoms with Gasteiger partial charge in [-0.1, -0.05) is 24.3 Å². The van der Waals surface area contributed by atoms with Crippen LogP contribution in [0.25, 0.3) is 0 Å². The van der Waals surface area contributed by atoms with E-state index in [9.17, 15) is 8.42 Å². The fraction of sp³-hybridized carbons (Fsp3) is 0.105. The molecule has 0 aliphatic heterocycles. The number of methoxy groups -OCH3 is 1. The molecule has 2 aromatic carbocycles. The number of hydrogen-bond acceptors (Lipinski definition) is 5. The van der Waals surface area contributed by atoms with Crippen LogP contribution >= 0.6 is 0 Å². The molecule has 1 aromatic heterocycles. The van der Waals surface area contributed by atoms with E-state index < -0.39 is 9.84 Å². The van der Waals surface area contributed by atoms with Crippen molar-refractivity contribution in [3.63, 3.8) is 0 Å². The van der Waals surface area contributed by atoms with Crippen molar-refractivity contribution in [3.05, 3.63) is 72.3 Å². The van der Waals surface area contributed by atoms with Crippen molar-refractivity contribution in [1.82, 2.24) is 4.98 Å². The highest BCUT2D eigenvalue weighted by molar-refractivity contribution is 7.91. The standard InChI is InChI=1S/C19H17NO4S/c1-14-8-13-18(24-16-6-4-3-5-7-16)20-19(14)25(21,22)17-11-9-15(23-2)10-12-17/h3-13H,1-2H3. The molecule has 0 fully saturated rings. The normalized spacial score (nSPS) is 11.1. The molecule has 0 amide bonds. The smallest absolute Gasteiger partial charge is 0.224 e. The minimum Gasteiger partial charge on any atom is -0.497 e. The van der Waals surface area contributed by atoms with Gasteiger partial charge >= 0.3 is 0 Å². The minimum atomic E-state index is -3.76. The molecule has 0 aliphatic rings. The molecule has 128 valence electrons. The van der Waals surface area contributed by atoms with E-state index in [-0.39, 0.29) is 15.8 Å². The second-order valence-electron chi connectivity index (χ2n) is 5.37. The third-order valence-electron chi connectivity index (χ3n) is 3.61. The lowest BCUT2D eigenvalue weighted by Gasteiger charge is -2.10. The van der Waals surface area contributed by atoms with E-state index in [4.69, 9.17) is 9.47 Å². The summed E-state index contributed by atoms with van der Waals surface area (Å²) in [6.07, 6.45) is 0. The monoisotopic (exact) mass is 355 g/mol. The van der Waals surface area contributed by atoms with Crippen LogP contribution in [0.4, 0.5) is 0 Å². The van der Waals surface area contributed by atoms with Gasteiger partial charge < -0.3 is 9.47 Å². The highest BCUT2D eigenvalue weighted by Gasteiger charge is 2.22. The predicted octanol–water partition coefficient (Wildman–Crippen LogP) is 4.02. The van der Waals surface area contributed by atoms with Crippen molar-refractivity contribution in [2.24, 2.45) is 0 Å². The number of hydrogen-bond donors (Lipinski definition) is 0. The third-order valence-corrected chi connectivity index (χ3v) is 5.43. The Balaban J connectivity index is 1.98. The van der Waals surface area contributed by atoms with Crippen molar-refractivity contribution >= 4 is 9.84 Å². The van der Waals surface area contributed by atoms with Gasteiger partial charge in [0.1, 0.15) is 11.5 Å². The maximum Gasteiger partial charge on any atom is 0.224 e. The second kappa shape index (κ2) is 6.94. The lowest BCUT2D eigenvalue weighted by Crippen LogP contribution is -2.07. The fourth-order valence-electron chi connectivity index (χ4n) is 2.30. The summed E-state index contributed by atoms with van der Waals surface area (Å²) in [7, 11) is -2.23. The van der Waals surface area contributed by atoms with Crippen LogP contribution in [0.15, 0.2) is 76.7 Å². The second-order valence-corrected chi connectivity index (χ2v) is 7.23. The van der Waals surface area contributed by atoms with E-state index in [1.807, 2.05) is 18.2 Å². The molecule has 3 aromatic rings. The summed E-state index contributed by atoms with van der Waals surface area (Å²) < 4.78 is 36.5. The van der Waals surface area contributed by atoms with Crippen molar-refractivity contribution in [2.45, 2.75) is 16.8 Å². The van der Waals surface area contributed by atoms with Crippen molar-refractivity contribution in [3.8, 4) is 17.4 Å². The number of pyridine rings is 1. The zero-order chi connectivity index (χ0) is 17.9. The molecule has 0 unspecified atom stereocenters. The van der Waals surface area contributed by atoms with Crippen molar-refractivity contribution in [2.75, 3.05) is 7.11 Å². The molecule has 0 spiro atoms. The highest BCUT2D eigenvalue weighted by atomic mass is 32.2. The molecule has 0 radical (unpaired) electrons. The number of ether oxygens (including phenoxy) is 2. The Hall–Kier alpha value is -2.86. The van der Waals surface area contributed by atoms with Gasteiger partial charge in [-0.15, -0.1) is 0 Å². The van der Waals surface area contributed by atoms with E-state index in [0.29, 0.717) is 17.1 Å².